The molecule has 1 atom stereocenters. The first-order valence-corrected chi connectivity index (χ1v) is 9.24. The Hall–Kier alpha value is -2.60. The maximum Gasteiger partial charge on any atom is 0.269 e. The number of aromatic nitrogens is 3. The molecule has 0 saturated carbocycles. The average molecular weight is 367 g/mol. The van der Waals surface area contributed by atoms with E-state index in [1.54, 1.807) is 18.3 Å². The number of ketones is 1. The van der Waals surface area contributed by atoms with Gasteiger partial charge in [0.1, 0.15) is 11.4 Å². The minimum atomic E-state index is -0.777. The van der Waals surface area contributed by atoms with Gasteiger partial charge in [-0.2, -0.15) is 0 Å². The number of carbonyl (C=O) groups excluding carboxylic acids is 1. The molecule has 1 N–H and O–H groups in total. The van der Waals surface area contributed by atoms with Crippen LogP contribution in [0.25, 0.3) is 11.3 Å². The highest BCUT2D eigenvalue weighted by Gasteiger charge is 2.31. The van der Waals surface area contributed by atoms with Crippen LogP contribution in [-0.2, 0) is 0 Å². The first-order valence-electron chi connectivity index (χ1n) is 9.24. The number of pyridine rings is 1. The van der Waals surface area contributed by atoms with Gasteiger partial charge < -0.3 is 5.11 Å². The van der Waals surface area contributed by atoms with Crippen molar-refractivity contribution in [3.05, 3.63) is 57.5 Å². The third-order valence-corrected chi connectivity index (χ3v) is 4.79. The fourth-order valence-corrected chi connectivity index (χ4v) is 3.25. The molecule has 0 aromatic carbocycles. The number of aryl methyl sites for hydroxylation is 1. The Balaban J connectivity index is 2.32. The smallest absolute Gasteiger partial charge is 0.269 e. The number of hydrogen-bond acceptors (Lipinski definition) is 5. The van der Waals surface area contributed by atoms with Crippen LogP contribution < -0.4 is 5.56 Å². The van der Waals surface area contributed by atoms with Gasteiger partial charge in [-0.1, -0.05) is 33.8 Å². The number of hydrogen-bond donors (Lipinski definition) is 1. The largest absolute Gasteiger partial charge is 0.388 e. The van der Waals surface area contributed by atoms with Crippen LogP contribution in [0.1, 0.15) is 67.6 Å². The van der Waals surface area contributed by atoms with E-state index < -0.39 is 11.7 Å². The number of carbonyl (C=O) groups is 1. The second kappa shape index (κ2) is 7.19. The van der Waals surface area contributed by atoms with E-state index in [-0.39, 0.29) is 29.6 Å². The normalized spacial score (nSPS) is 15.1. The number of rotatable bonds is 4. The maximum absolute atomic E-state index is 13.3. The number of nitrogens with zero attached hydrogens (tertiary/aromatic N) is 3. The predicted molar refractivity (Wildman–Crippen MR) is 104 cm³/mol. The zero-order chi connectivity index (χ0) is 19.9. The lowest BCUT2D eigenvalue weighted by Gasteiger charge is -2.25. The summed E-state index contributed by atoms with van der Waals surface area (Å²) in [5.41, 5.74) is 1.95. The van der Waals surface area contributed by atoms with Gasteiger partial charge in [-0.25, -0.2) is 4.98 Å². The van der Waals surface area contributed by atoms with Gasteiger partial charge in [0.25, 0.3) is 5.56 Å². The molecule has 1 aliphatic rings. The van der Waals surface area contributed by atoms with Crippen LogP contribution in [0, 0.1) is 12.8 Å². The van der Waals surface area contributed by atoms with Crippen LogP contribution in [0.3, 0.4) is 0 Å². The van der Waals surface area contributed by atoms with Gasteiger partial charge in [0.15, 0.2) is 5.78 Å². The van der Waals surface area contributed by atoms with E-state index in [0.29, 0.717) is 22.8 Å². The Morgan fingerprint density at radius 3 is 2.41 bits per heavy atom. The molecular weight excluding hydrogens is 342 g/mol. The Morgan fingerprint density at radius 1 is 1.15 bits per heavy atom. The van der Waals surface area contributed by atoms with Gasteiger partial charge in [0, 0.05) is 23.6 Å². The third kappa shape index (κ3) is 3.37. The molecule has 2 heterocycles. The maximum atomic E-state index is 13.3. The number of fused-ring (bicyclic) bond motifs is 1. The van der Waals surface area contributed by atoms with E-state index in [9.17, 15) is 14.7 Å². The van der Waals surface area contributed by atoms with E-state index in [0.717, 1.165) is 5.69 Å². The molecule has 0 amide bonds. The van der Waals surface area contributed by atoms with Crippen molar-refractivity contribution in [2.45, 2.75) is 53.1 Å². The van der Waals surface area contributed by atoms with Crippen LogP contribution in [0.4, 0.5) is 0 Å². The van der Waals surface area contributed by atoms with E-state index in [1.807, 2.05) is 40.7 Å². The number of Topliss-reactive ketones (excluding diaryl/α,β-unsaturated/α-hetero) is 1. The second-order valence-electron chi connectivity index (χ2n) is 7.62. The lowest BCUT2D eigenvalue weighted by molar-refractivity contribution is 0.0990. The van der Waals surface area contributed by atoms with Crippen LogP contribution in [-0.4, -0.2) is 31.5 Å². The second-order valence-corrected chi connectivity index (χ2v) is 7.62. The molecule has 0 fully saturated rings. The molecule has 0 aliphatic heterocycles. The Bertz CT molecular complexity index is 969. The third-order valence-electron chi connectivity index (χ3n) is 4.79. The molecule has 27 heavy (non-hydrogen) atoms. The van der Waals surface area contributed by atoms with Gasteiger partial charge >= 0.3 is 0 Å². The number of aliphatic hydroxyl groups excluding tert-OH is 1. The van der Waals surface area contributed by atoms with Crippen LogP contribution >= 0.6 is 0 Å². The minimum Gasteiger partial charge on any atom is -0.388 e. The number of aliphatic hydroxyl groups is 1. The molecule has 3 rings (SSSR count). The average Bonchev–Trinajstić information content (AvgIpc) is 2.61. The van der Waals surface area contributed by atoms with Gasteiger partial charge in [-0.05, 0) is 25.0 Å². The van der Waals surface area contributed by atoms with E-state index in [2.05, 4.69) is 4.98 Å². The molecule has 1 unspecified atom stereocenters. The Labute approximate surface area is 158 Å². The van der Waals surface area contributed by atoms with Crippen molar-refractivity contribution >= 4 is 11.4 Å². The van der Waals surface area contributed by atoms with Crippen molar-refractivity contribution in [3.63, 3.8) is 0 Å². The molecule has 6 nitrogen and oxygen atoms in total. The van der Waals surface area contributed by atoms with Crippen molar-refractivity contribution in [2.75, 3.05) is 0 Å². The topological polar surface area (TPSA) is 85.1 Å². The molecule has 0 spiro atoms. The van der Waals surface area contributed by atoms with E-state index in [4.69, 9.17) is 4.98 Å². The van der Waals surface area contributed by atoms with Gasteiger partial charge in [0.05, 0.1) is 23.7 Å². The monoisotopic (exact) mass is 367 g/mol. The van der Waals surface area contributed by atoms with Gasteiger partial charge in [-0.15, -0.1) is 0 Å². The minimum absolute atomic E-state index is 0.0506. The quantitative estimate of drug-likeness (QED) is 0.898. The molecule has 0 radical (unpaired) electrons. The summed E-state index contributed by atoms with van der Waals surface area (Å²) in [5.74, 6) is 0.163. The summed E-state index contributed by atoms with van der Waals surface area (Å²) >= 11 is 0. The molecule has 6 heteroatoms. The lowest BCUT2D eigenvalue weighted by atomic mass is 9.87. The van der Waals surface area contributed by atoms with Crippen molar-refractivity contribution in [3.8, 4) is 5.69 Å². The van der Waals surface area contributed by atoms with Crippen LogP contribution in [0.2, 0.25) is 0 Å². The molecule has 0 bridgehead atoms. The van der Waals surface area contributed by atoms with E-state index in [1.165, 1.54) is 4.57 Å². The Kier molecular flexibility index (Phi) is 5.11. The summed E-state index contributed by atoms with van der Waals surface area (Å²) in [5, 5.41) is 10.6. The van der Waals surface area contributed by atoms with Crippen molar-refractivity contribution < 1.29 is 9.90 Å². The molecular formula is C21H25N3O3. The molecule has 0 saturated heterocycles. The summed E-state index contributed by atoms with van der Waals surface area (Å²) in [6, 6.07) is 3.62. The summed E-state index contributed by atoms with van der Waals surface area (Å²) in [6.07, 6.45) is 2.63. The molecule has 2 aromatic heterocycles. The van der Waals surface area contributed by atoms with Crippen molar-refractivity contribution in [2.24, 2.45) is 5.92 Å². The van der Waals surface area contributed by atoms with Gasteiger partial charge in [0.2, 0.25) is 0 Å². The highest BCUT2D eigenvalue weighted by Crippen LogP contribution is 2.30. The predicted octanol–water partition coefficient (Wildman–Crippen LogP) is 3.05. The van der Waals surface area contributed by atoms with Crippen molar-refractivity contribution in [1.29, 1.82) is 0 Å². The SMILES string of the molecule is Cc1ccc(-n2c(C(C)C)nc3c(c2=O)C(=O)CC=C3C(O)C(C)C)cn1. The standard InChI is InChI=1S/C21H25N3O3/c1-11(2)19(26)15-8-9-16(25)17-18(15)23-20(12(3)4)24(21(17)27)14-7-6-13(5)22-10-14/h6-8,10-12,19,26H,9H2,1-5H3. The fraction of sp³-hybridized carbons (Fsp3) is 0.429. The lowest BCUT2D eigenvalue weighted by Crippen LogP contribution is -2.35. The summed E-state index contributed by atoms with van der Waals surface area (Å²) in [7, 11) is 0. The van der Waals surface area contributed by atoms with Crippen LogP contribution in [0.15, 0.2) is 29.2 Å². The summed E-state index contributed by atoms with van der Waals surface area (Å²) < 4.78 is 1.47. The molecule has 1 aliphatic carbocycles. The highest BCUT2D eigenvalue weighted by atomic mass is 16.3. The Morgan fingerprint density at radius 2 is 1.85 bits per heavy atom. The zero-order valence-corrected chi connectivity index (χ0v) is 16.4. The highest BCUT2D eigenvalue weighted by molar-refractivity contribution is 6.04. The van der Waals surface area contributed by atoms with E-state index >= 15 is 0 Å². The first kappa shape index (κ1) is 19.2. The molecule has 142 valence electrons. The molecule has 2 aromatic rings. The van der Waals surface area contributed by atoms with Crippen molar-refractivity contribution in [1.82, 2.24) is 14.5 Å². The number of allylic oxidation sites excluding steroid dienone is 1. The summed E-state index contributed by atoms with van der Waals surface area (Å²) in [6.45, 7) is 9.54. The fourth-order valence-electron chi connectivity index (χ4n) is 3.25. The van der Waals surface area contributed by atoms with Crippen LogP contribution in [0.5, 0.6) is 0 Å². The summed E-state index contributed by atoms with van der Waals surface area (Å²) in [4.78, 5) is 34.9. The van der Waals surface area contributed by atoms with Gasteiger partial charge in [-0.3, -0.25) is 19.1 Å². The zero-order valence-electron chi connectivity index (χ0n) is 16.4. The first-order chi connectivity index (χ1) is 12.7.